The summed E-state index contributed by atoms with van der Waals surface area (Å²) in [5, 5.41) is 0. The molecule has 0 fully saturated rings. The highest BCUT2D eigenvalue weighted by atomic mass is 19.3. The van der Waals surface area contributed by atoms with Gasteiger partial charge in [0.15, 0.2) is 5.76 Å². The molecule has 2 nitrogen and oxygen atoms in total. The number of ether oxygens (including phenoxy) is 2. The maximum atomic E-state index is 12.1. The van der Waals surface area contributed by atoms with Crippen LogP contribution >= 0.6 is 0 Å². The summed E-state index contributed by atoms with van der Waals surface area (Å²) in [5.41, 5.74) is 0. The van der Waals surface area contributed by atoms with Gasteiger partial charge in [-0.05, 0) is 13.0 Å². The van der Waals surface area contributed by atoms with Crippen LogP contribution in [0.1, 0.15) is 6.92 Å². The van der Waals surface area contributed by atoms with E-state index in [1.807, 2.05) is 0 Å². The highest BCUT2D eigenvalue weighted by Crippen LogP contribution is 2.33. The monoisotopic (exact) mass is 148 g/mol. The van der Waals surface area contributed by atoms with Crippen LogP contribution in [0.15, 0.2) is 24.2 Å². The molecule has 4 heteroatoms. The van der Waals surface area contributed by atoms with Crippen LogP contribution < -0.4 is 0 Å². The van der Waals surface area contributed by atoms with E-state index < -0.39 is 6.29 Å². The second-order valence-electron chi connectivity index (χ2n) is 1.79. The first-order valence-electron chi connectivity index (χ1n) is 2.64. The van der Waals surface area contributed by atoms with Gasteiger partial charge in [-0.3, -0.25) is 0 Å². The van der Waals surface area contributed by atoms with Crippen LogP contribution in [0, 0.1) is 0 Å². The van der Waals surface area contributed by atoms with Gasteiger partial charge in [0.2, 0.25) is 0 Å². The summed E-state index contributed by atoms with van der Waals surface area (Å²) >= 11 is 0. The molecule has 1 aliphatic rings. The van der Waals surface area contributed by atoms with Gasteiger partial charge in [0.1, 0.15) is 5.76 Å². The van der Waals surface area contributed by atoms with Crippen LogP contribution in [-0.2, 0) is 9.47 Å². The van der Waals surface area contributed by atoms with Crippen molar-refractivity contribution in [1.82, 2.24) is 0 Å². The molecule has 1 aliphatic heterocycles. The van der Waals surface area contributed by atoms with Gasteiger partial charge in [0.05, 0.1) is 0 Å². The van der Waals surface area contributed by atoms with E-state index in [0.717, 1.165) is 0 Å². The molecule has 1 rings (SSSR count). The minimum Gasteiger partial charge on any atom is -0.400 e. The van der Waals surface area contributed by atoms with Crippen LogP contribution in [0.2, 0.25) is 0 Å². The predicted molar refractivity (Wildman–Crippen MR) is 30.0 cm³/mol. The molecule has 1 heterocycles. The number of rotatable bonds is 1. The van der Waals surface area contributed by atoms with Crippen molar-refractivity contribution < 1.29 is 18.3 Å². The molecular formula is C6H6F2O2. The maximum absolute atomic E-state index is 12.1. The lowest BCUT2D eigenvalue weighted by Crippen LogP contribution is -2.16. The number of hydrogen-bond donors (Lipinski definition) is 0. The molecule has 0 aliphatic carbocycles. The topological polar surface area (TPSA) is 18.5 Å². The van der Waals surface area contributed by atoms with E-state index >= 15 is 0 Å². The summed E-state index contributed by atoms with van der Waals surface area (Å²) < 4.78 is 32.2. The normalized spacial score (nSPS) is 21.9. The summed E-state index contributed by atoms with van der Waals surface area (Å²) in [6.45, 7) is 4.65. The molecule has 56 valence electrons. The molecule has 0 aromatic heterocycles. The van der Waals surface area contributed by atoms with Crippen molar-refractivity contribution in [3.63, 3.8) is 0 Å². The Morgan fingerprint density at radius 2 is 2.10 bits per heavy atom. The standard InChI is InChI=1S/C6H6F2O2/c1-3-5-4(2)9-6(7,8)10-5/h3H,1H2,2H3. The van der Waals surface area contributed by atoms with Crippen molar-refractivity contribution in [3.05, 3.63) is 24.2 Å². The fraction of sp³-hybridized carbons (Fsp3) is 0.333. The minimum absolute atomic E-state index is 0.00926. The summed E-state index contributed by atoms with van der Waals surface area (Å²) in [4.78, 5) is 0. The van der Waals surface area contributed by atoms with Crippen LogP contribution in [-0.4, -0.2) is 6.29 Å². The van der Waals surface area contributed by atoms with Crippen LogP contribution in [0.4, 0.5) is 8.78 Å². The third-order valence-electron chi connectivity index (χ3n) is 1.03. The van der Waals surface area contributed by atoms with Crippen LogP contribution in [0.3, 0.4) is 0 Å². The second kappa shape index (κ2) is 1.97. The predicted octanol–water partition coefficient (Wildman–Crippen LogP) is 2.00. The lowest BCUT2D eigenvalue weighted by molar-refractivity contribution is -0.336. The van der Waals surface area contributed by atoms with Gasteiger partial charge in [-0.25, -0.2) is 0 Å². The molecule has 10 heavy (non-hydrogen) atoms. The van der Waals surface area contributed by atoms with E-state index in [-0.39, 0.29) is 11.5 Å². The molecule has 0 bridgehead atoms. The molecule has 0 aromatic carbocycles. The largest absolute Gasteiger partial charge is 0.585 e. The summed E-state index contributed by atoms with van der Waals surface area (Å²) in [6.07, 6.45) is -2.33. The van der Waals surface area contributed by atoms with Gasteiger partial charge in [-0.15, -0.1) is 8.78 Å². The molecule has 0 saturated heterocycles. The van der Waals surface area contributed by atoms with E-state index in [4.69, 9.17) is 0 Å². The molecular weight excluding hydrogens is 142 g/mol. The molecule has 0 spiro atoms. The van der Waals surface area contributed by atoms with Crippen molar-refractivity contribution in [2.45, 2.75) is 13.2 Å². The Morgan fingerprint density at radius 1 is 1.50 bits per heavy atom. The van der Waals surface area contributed by atoms with Crippen LogP contribution in [0.25, 0.3) is 0 Å². The zero-order chi connectivity index (χ0) is 7.78. The minimum atomic E-state index is -3.51. The summed E-state index contributed by atoms with van der Waals surface area (Å²) in [6, 6.07) is 0. The van der Waals surface area contributed by atoms with E-state index in [1.54, 1.807) is 0 Å². The number of halogens is 2. The average molecular weight is 148 g/mol. The van der Waals surface area contributed by atoms with Gasteiger partial charge >= 0.3 is 6.29 Å². The molecule has 0 amide bonds. The Kier molecular flexibility index (Phi) is 1.39. The number of allylic oxidation sites excluding steroid dienone is 2. The highest BCUT2D eigenvalue weighted by molar-refractivity contribution is 5.15. The van der Waals surface area contributed by atoms with E-state index in [0.29, 0.717) is 0 Å². The molecule has 0 aromatic rings. The van der Waals surface area contributed by atoms with Crippen molar-refractivity contribution in [1.29, 1.82) is 0 Å². The van der Waals surface area contributed by atoms with Crippen LogP contribution in [0.5, 0.6) is 0 Å². The SMILES string of the molecule is C=CC1=C(C)OC(F)(F)O1. The first kappa shape index (κ1) is 7.05. The van der Waals surface area contributed by atoms with E-state index in [2.05, 4.69) is 16.1 Å². The summed E-state index contributed by atoms with van der Waals surface area (Å²) in [5.74, 6) is 0.0463. The molecule has 0 saturated carbocycles. The Balaban J connectivity index is 2.77. The second-order valence-corrected chi connectivity index (χ2v) is 1.79. The molecule has 0 unspecified atom stereocenters. The van der Waals surface area contributed by atoms with Crippen molar-refractivity contribution in [2.75, 3.05) is 0 Å². The molecule has 0 radical (unpaired) electrons. The third kappa shape index (κ3) is 1.10. The summed E-state index contributed by atoms with van der Waals surface area (Å²) in [7, 11) is 0. The fourth-order valence-electron chi connectivity index (χ4n) is 0.635. The first-order chi connectivity index (χ1) is 4.55. The molecule has 0 atom stereocenters. The highest BCUT2D eigenvalue weighted by Gasteiger charge is 2.42. The van der Waals surface area contributed by atoms with Crippen molar-refractivity contribution in [3.8, 4) is 0 Å². The van der Waals surface area contributed by atoms with E-state index in [9.17, 15) is 8.78 Å². The Hall–Kier alpha value is -1.06. The third-order valence-corrected chi connectivity index (χ3v) is 1.03. The zero-order valence-corrected chi connectivity index (χ0v) is 5.36. The smallest absolute Gasteiger partial charge is 0.400 e. The van der Waals surface area contributed by atoms with E-state index in [1.165, 1.54) is 13.0 Å². The lowest BCUT2D eigenvalue weighted by Gasteiger charge is -2.06. The zero-order valence-electron chi connectivity index (χ0n) is 5.36. The maximum Gasteiger partial charge on any atom is 0.585 e. The fourth-order valence-corrected chi connectivity index (χ4v) is 0.635. The van der Waals surface area contributed by atoms with Crippen molar-refractivity contribution >= 4 is 0 Å². The number of hydrogen-bond acceptors (Lipinski definition) is 2. The first-order valence-corrected chi connectivity index (χ1v) is 2.64. The van der Waals surface area contributed by atoms with Crippen molar-refractivity contribution in [2.24, 2.45) is 0 Å². The average Bonchev–Trinajstić information content (AvgIpc) is 2.05. The number of alkyl halides is 2. The Labute approximate surface area is 56.7 Å². The quantitative estimate of drug-likeness (QED) is 0.566. The van der Waals surface area contributed by atoms with Gasteiger partial charge in [0.25, 0.3) is 0 Å². The Morgan fingerprint density at radius 3 is 2.30 bits per heavy atom. The van der Waals surface area contributed by atoms with Gasteiger partial charge in [0, 0.05) is 0 Å². The van der Waals surface area contributed by atoms with Gasteiger partial charge in [-0.2, -0.15) is 0 Å². The van der Waals surface area contributed by atoms with Gasteiger partial charge in [-0.1, -0.05) is 6.58 Å². The van der Waals surface area contributed by atoms with Gasteiger partial charge < -0.3 is 9.47 Å². The molecule has 0 N–H and O–H groups in total. The Bertz CT molecular complexity index is 196. The lowest BCUT2D eigenvalue weighted by atomic mass is 10.4.